The van der Waals surface area contributed by atoms with E-state index in [0.29, 0.717) is 30.3 Å². The summed E-state index contributed by atoms with van der Waals surface area (Å²) < 4.78 is 15.8. The molecule has 0 radical (unpaired) electrons. The van der Waals surface area contributed by atoms with Crippen LogP contribution in [0.25, 0.3) is 0 Å². The Morgan fingerprint density at radius 2 is 2.00 bits per heavy atom. The number of likely N-dealkylation sites (tertiary alicyclic amines) is 1. The predicted octanol–water partition coefficient (Wildman–Crippen LogP) is 0.823. The molecule has 0 spiro atoms. The molecule has 0 aliphatic carbocycles. The summed E-state index contributed by atoms with van der Waals surface area (Å²) in [6, 6.07) is 5.21. The Balaban J connectivity index is 1.54. The third-order valence-corrected chi connectivity index (χ3v) is 5.04. The summed E-state index contributed by atoms with van der Waals surface area (Å²) in [5.74, 6) is 0.686. The summed E-state index contributed by atoms with van der Waals surface area (Å²) in [5, 5.41) is 2.88. The number of carbonyl (C=O) groups excluding carboxylic acids is 2. The molecule has 8 nitrogen and oxygen atoms in total. The standard InChI is InChI=1S/C19H27N3O5/c1-25-15-3-4-16(17(12-15)26-2)20-19(24)14-11-18(23)22(13-14)6-5-21-7-9-27-10-8-21/h3-4,12,14H,5-11,13H2,1-2H3,(H,20,24)/t14-/m0/s1. The molecule has 2 aliphatic rings. The Kier molecular flexibility index (Phi) is 6.52. The van der Waals surface area contributed by atoms with E-state index in [0.717, 1.165) is 32.8 Å². The van der Waals surface area contributed by atoms with Gasteiger partial charge in [-0.15, -0.1) is 0 Å². The first-order valence-electron chi connectivity index (χ1n) is 9.21. The fraction of sp³-hybridized carbons (Fsp3) is 0.579. The van der Waals surface area contributed by atoms with Gasteiger partial charge in [0, 0.05) is 45.2 Å². The van der Waals surface area contributed by atoms with E-state index in [1.165, 1.54) is 7.11 Å². The Labute approximate surface area is 159 Å². The van der Waals surface area contributed by atoms with Gasteiger partial charge in [0.1, 0.15) is 11.5 Å². The van der Waals surface area contributed by atoms with Crippen LogP contribution in [0.4, 0.5) is 5.69 Å². The van der Waals surface area contributed by atoms with Crippen LogP contribution >= 0.6 is 0 Å². The summed E-state index contributed by atoms with van der Waals surface area (Å²) in [4.78, 5) is 29.0. The van der Waals surface area contributed by atoms with Crippen LogP contribution in [-0.4, -0.2) is 81.8 Å². The largest absolute Gasteiger partial charge is 0.497 e. The first-order chi connectivity index (χ1) is 13.1. The van der Waals surface area contributed by atoms with E-state index in [1.807, 2.05) is 0 Å². The van der Waals surface area contributed by atoms with Crippen LogP contribution in [0.15, 0.2) is 18.2 Å². The summed E-state index contributed by atoms with van der Waals surface area (Å²) in [6.45, 7) is 5.18. The maximum Gasteiger partial charge on any atom is 0.229 e. The maximum absolute atomic E-state index is 12.6. The zero-order chi connectivity index (χ0) is 19.2. The van der Waals surface area contributed by atoms with Gasteiger partial charge in [-0.2, -0.15) is 0 Å². The molecule has 8 heteroatoms. The molecule has 0 aromatic heterocycles. The van der Waals surface area contributed by atoms with Crippen molar-refractivity contribution in [2.45, 2.75) is 6.42 Å². The quantitative estimate of drug-likeness (QED) is 0.758. The molecule has 1 aromatic carbocycles. The number of amides is 2. The zero-order valence-corrected chi connectivity index (χ0v) is 15.9. The van der Waals surface area contributed by atoms with E-state index in [4.69, 9.17) is 14.2 Å². The van der Waals surface area contributed by atoms with Crippen molar-refractivity contribution in [2.24, 2.45) is 5.92 Å². The van der Waals surface area contributed by atoms with Gasteiger partial charge in [0.05, 0.1) is 39.0 Å². The lowest BCUT2D eigenvalue weighted by Gasteiger charge is -2.28. The van der Waals surface area contributed by atoms with Crippen molar-refractivity contribution < 1.29 is 23.8 Å². The van der Waals surface area contributed by atoms with Crippen molar-refractivity contribution in [2.75, 3.05) is 65.5 Å². The molecule has 1 atom stereocenters. The highest BCUT2D eigenvalue weighted by molar-refractivity contribution is 5.98. The van der Waals surface area contributed by atoms with Gasteiger partial charge < -0.3 is 24.4 Å². The van der Waals surface area contributed by atoms with E-state index in [1.54, 1.807) is 30.2 Å². The number of rotatable bonds is 7. The molecule has 2 fully saturated rings. The van der Waals surface area contributed by atoms with Crippen LogP contribution in [0.3, 0.4) is 0 Å². The van der Waals surface area contributed by atoms with Crippen molar-refractivity contribution in [3.8, 4) is 11.5 Å². The Morgan fingerprint density at radius 3 is 2.70 bits per heavy atom. The Bertz CT molecular complexity index is 675. The molecule has 1 aromatic rings. The lowest BCUT2D eigenvalue weighted by atomic mass is 10.1. The first-order valence-corrected chi connectivity index (χ1v) is 9.21. The smallest absolute Gasteiger partial charge is 0.229 e. The fourth-order valence-electron chi connectivity index (χ4n) is 3.39. The molecule has 2 heterocycles. The highest BCUT2D eigenvalue weighted by Gasteiger charge is 2.34. The second-order valence-electron chi connectivity index (χ2n) is 6.75. The lowest BCUT2D eigenvalue weighted by Crippen LogP contribution is -2.42. The zero-order valence-electron chi connectivity index (χ0n) is 15.9. The van der Waals surface area contributed by atoms with Crippen LogP contribution < -0.4 is 14.8 Å². The topological polar surface area (TPSA) is 80.3 Å². The van der Waals surface area contributed by atoms with Crippen molar-refractivity contribution >= 4 is 17.5 Å². The monoisotopic (exact) mass is 377 g/mol. The number of nitrogens with zero attached hydrogens (tertiary/aromatic N) is 2. The van der Waals surface area contributed by atoms with E-state index in [9.17, 15) is 9.59 Å². The van der Waals surface area contributed by atoms with Crippen LogP contribution in [0.2, 0.25) is 0 Å². The van der Waals surface area contributed by atoms with Gasteiger partial charge in [-0.05, 0) is 12.1 Å². The minimum atomic E-state index is -0.353. The summed E-state index contributed by atoms with van der Waals surface area (Å²) in [5.41, 5.74) is 0.572. The highest BCUT2D eigenvalue weighted by atomic mass is 16.5. The molecular formula is C19H27N3O5. The van der Waals surface area contributed by atoms with E-state index < -0.39 is 0 Å². The molecule has 3 rings (SSSR count). The van der Waals surface area contributed by atoms with Crippen LogP contribution in [0.5, 0.6) is 11.5 Å². The maximum atomic E-state index is 12.6. The van der Waals surface area contributed by atoms with Crippen molar-refractivity contribution in [1.29, 1.82) is 0 Å². The first kappa shape index (κ1) is 19.4. The number of benzene rings is 1. The van der Waals surface area contributed by atoms with Crippen LogP contribution in [0.1, 0.15) is 6.42 Å². The van der Waals surface area contributed by atoms with Gasteiger partial charge in [0.25, 0.3) is 0 Å². The molecule has 0 bridgehead atoms. The second-order valence-corrected chi connectivity index (χ2v) is 6.75. The molecule has 148 valence electrons. The van der Waals surface area contributed by atoms with E-state index in [-0.39, 0.29) is 24.2 Å². The minimum absolute atomic E-state index is 0.0325. The summed E-state index contributed by atoms with van der Waals surface area (Å²) >= 11 is 0. The van der Waals surface area contributed by atoms with Gasteiger partial charge in [0.15, 0.2) is 0 Å². The minimum Gasteiger partial charge on any atom is -0.497 e. The average Bonchev–Trinajstić information content (AvgIpc) is 3.08. The summed E-state index contributed by atoms with van der Waals surface area (Å²) in [7, 11) is 3.11. The molecule has 27 heavy (non-hydrogen) atoms. The van der Waals surface area contributed by atoms with Crippen molar-refractivity contribution in [3.63, 3.8) is 0 Å². The van der Waals surface area contributed by atoms with Gasteiger partial charge in [-0.25, -0.2) is 0 Å². The number of nitrogens with one attached hydrogen (secondary N) is 1. The van der Waals surface area contributed by atoms with E-state index >= 15 is 0 Å². The number of hydrogen-bond donors (Lipinski definition) is 1. The molecule has 0 saturated carbocycles. The van der Waals surface area contributed by atoms with Gasteiger partial charge >= 0.3 is 0 Å². The Hall–Kier alpha value is -2.32. The third-order valence-electron chi connectivity index (χ3n) is 5.04. The van der Waals surface area contributed by atoms with Crippen molar-refractivity contribution in [3.05, 3.63) is 18.2 Å². The number of carbonyl (C=O) groups is 2. The lowest BCUT2D eigenvalue weighted by molar-refractivity contribution is -0.128. The van der Waals surface area contributed by atoms with E-state index in [2.05, 4.69) is 10.2 Å². The molecule has 2 amide bonds. The SMILES string of the molecule is COc1ccc(NC(=O)[C@H]2CC(=O)N(CCN3CCOCC3)C2)c(OC)c1. The van der Waals surface area contributed by atoms with Crippen LogP contribution in [0, 0.1) is 5.92 Å². The number of morpholine rings is 1. The van der Waals surface area contributed by atoms with Crippen molar-refractivity contribution in [1.82, 2.24) is 9.80 Å². The normalized spacial score (nSPS) is 20.6. The Morgan fingerprint density at radius 1 is 1.22 bits per heavy atom. The number of ether oxygens (including phenoxy) is 3. The summed E-state index contributed by atoms with van der Waals surface area (Å²) in [6.07, 6.45) is 0.243. The molecule has 0 unspecified atom stereocenters. The predicted molar refractivity (Wildman–Crippen MR) is 100 cm³/mol. The third kappa shape index (κ3) is 4.90. The molecule has 2 saturated heterocycles. The average molecular weight is 377 g/mol. The van der Waals surface area contributed by atoms with Crippen LogP contribution in [-0.2, 0) is 14.3 Å². The fourth-order valence-corrected chi connectivity index (χ4v) is 3.39. The second kappa shape index (κ2) is 9.05. The molecular weight excluding hydrogens is 350 g/mol. The number of anilines is 1. The van der Waals surface area contributed by atoms with Gasteiger partial charge in [-0.3, -0.25) is 14.5 Å². The van der Waals surface area contributed by atoms with Gasteiger partial charge in [-0.1, -0.05) is 0 Å². The number of methoxy groups -OCH3 is 2. The highest BCUT2D eigenvalue weighted by Crippen LogP contribution is 2.30. The number of hydrogen-bond acceptors (Lipinski definition) is 6. The molecule has 1 N–H and O–H groups in total. The molecule has 2 aliphatic heterocycles. The van der Waals surface area contributed by atoms with Gasteiger partial charge in [0.2, 0.25) is 11.8 Å².